The summed E-state index contributed by atoms with van der Waals surface area (Å²) in [5.41, 5.74) is 4.71. The molecule has 30 heavy (non-hydrogen) atoms. The number of rotatable bonds is 5. The average Bonchev–Trinajstić information content (AvgIpc) is 3.50. The Labute approximate surface area is 193 Å². The van der Waals surface area contributed by atoms with Gasteiger partial charge in [-0.15, -0.1) is 0 Å². The Bertz CT molecular complexity index is 760. The summed E-state index contributed by atoms with van der Waals surface area (Å²) in [4.78, 5) is 0. The molecule has 0 bridgehead atoms. The number of aromatic hydroxyl groups is 1. The van der Waals surface area contributed by atoms with Gasteiger partial charge in [-0.25, -0.2) is 0 Å². The molecule has 2 aliphatic rings. The van der Waals surface area contributed by atoms with Crippen molar-refractivity contribution in [3.05, 3.63) is 129 Å². The molecule has 152 valence electrons. The van der Waals surface area contributed by atoms with Crippen LogP contribution in [-0.4, -0.2) is 12.2 Å². The molecule has 0 aromatic heterocycles. The molecule has 4 rings (SSSR count). The largest absolute Gasteiger partial charge is 2.00 e. The number of phenolic OH excluding ortho intramolecular Hbond substituents is 1. The molecule has 10 radical (unpaired) electrons. The average molecular weight is 438 g/mol. The Balaban J connectivity index is 0.000000468. The van der Waals surface area contributed by atoms with Gasteiger partial charge in [0.15, 0.2) is 0 Å². The van der Waals surface area contributed by atoms with Crippen LogP contribution in [0.15, 0.2) is 54.1 Å². The van der Waals surface area contributed by atoms with Crippen molar-refractivity contribution in [2.24, 2.45) is 0 Å². The first kappa shape index (κ1) is 24.6. The number of phenols is 1. The first-order valence-electron chi connectivity index (χ1n) is 9.78. The summed E-state index contributed by atoms with van der Waals surface area (Å²) in [6, 6.07) is 15.5. The van der Waals surface area contributed by atoms with Gasteiger partial charge < -0.3 is 9.84 Å². The van der Waals surface area contributed by atoms with Crippen molar-refractivity contribution in [3.63, 3.8) is 0 Å². The van der Waals surface area contributed by atoms with Crippen molar-refractivity contribution in [1.29, 1.82) is 0 Å². The molecular formula is C27H26FeO2+2. The Morgan fingerprint density at radius 3 is 1.63 bits per heavy atom. The zero-order valence-electron chi connectivity index (χ0n) is 17.2. The van der Waals surface area contributed by atoms with Crippen molar-refractivity contribution in [2.75, 3.05) is 7.11 Å². The molecule has 0 heterocycles. The van der Waals surface area contributed by atoms with E-state index in [1.54, 1.807) is 19.2 Å². The minimum Gasteiger partial charge on any atom is -0.508 e. The number of allylic oxidation sites excluding steroid dienone is 1. The molecule has 2 aromatic rings. The van der Waals surface area contributed by atoms with Gasteiger partial charge in [0.05, 0.1) is 7.11 Å². The maximum atomic E-state index is 9.62. The third-order valence-corrected chi connectivity index (χ3v) is 4.76. The van der Waals surface area contributed by atoms with Crippen molar-refractivity contribution < 1.29 is 26.9 Å². The monoisotopic (exact) mass is 438 g/mol. The van der Waals surface area contributed by atoms with E-state index in [-0.39, 0.29) is 22.8 Å². The molecule has 0 aliphatic heterocycles. The van der Waals surface area contributed by atoms with E-state index in [4.69, 9.17) is 4.74 Å². The van der Waals surface area contributed by atoms with Gasteiger partial charge in [-0.2, -0.15) is 0 Å². The van der Waals surface area contributed by atoms with Crippen LogP contribution in [0, 0.1) is 63.7 Å². The summed E-state index contributed by atoms with van der Waals surface area (Å²) in [5, 5.41) is 9.62. The van der Waals surface area contributed by atoms with Gasteiger partial charge in [-0.3, -0.25) is 0 Å². The molecule has 1 N–H and O–H groups in total. The minimum absolute atomic E-state index is 0. The maximum Gasteiger partial charge on any atom is 2.00 e. The summed E-state index contributed by atoms with van der Waals surface area (Å²) in [7, 11) is 1.67. The fourth-order valence-electron chi connectivity index (χ4n) is 3.32. The van der Waals surface area contributed by atoms with Crippen LogP contribution in [0.5, 0.6) is 11.5 Å². The number of benzene rings is 2. The van der Waals surface area contributed by atoms with Gasteiger partial charge in [-0.05, 0) is 105 Å². The zero-order valence-corrected chi connectivity index (χ0v) is 18.3. The van der Waals surface area contributed by atoms with Crippen molar-refractivity contribution in [1.82, 2.24) is 0 Å². The fraction of sp³-hybridized carbons (Fsp3) is 0.111. The molecule has 0 spiro atoms. The van der Waals surface area contributed by atoms with Crippen LogP contribution in [0.4, 0.5) is 0 Å². The molecule has 0 amide bonds. The van der Waals surface area contributed by atoms with Crippen molar-refractivity contribution >= 4 is 5.57 Å². The number of ether oxygens (including phenoxy) is 1. The van der Waals surface area contributed by atoms with E-state index in [9.17, 15) is 5.11 Å². The second-order valence-corrected chi connectivity index (χ2v) is 6.62. The van der Waals surface area contributed by atoms with Crippen LogP contribution >= 0.6 is 0 Å². The van der Waals surface area contributed by atoms with E-state index in [0.717, 1.165) is 23.3 Å². The van der Waals surface area contributed by atoms with Crippen molar-refractivity contribution in [3.8, 4) is 11.5 Å². The van der Waals surface area contributed by atoms with E-state index < -0.39 is 0 Å². The number of hydrogen-bond acceptors (Lipinski definition) is 2. The molecule has 3 heteroatoms. The molecule has 0 unspecified atom stereocenters. The Kier molecular flexibility index (Phi) is 10.5. The second-order valence-electron chi connectivity index (χ2n) is 6.62. The van der Waals surface area contributed by atoms with Crippen LogP contribution in [0.1, 0.15) is 24.5 Å². The molecule has 2 aliphatic carbocycles. The van der Waals surface area contributed by atoms with Crippen LogP contribution in [-0.2, 0) is 17.1 Å². The number of methoxy groups -OCH3 is 1. The Morgan fingerprint density at radius 2 is 1.20 bits per heavy atom. The van der Waals surface area contributed by atoms with E-state index in [1.165, 1.54) is 17.1 Å². The SMILES string of the molecule is CC/C([C]1[CH][CH][CH][CH]1)=C(\c1ccc(O)cc1)c1ccc(OC)cc1.[CH]1[CH][CH][CH][CH]1.[Fe+2]. The maximum absolute atomic E-state index is 9.62. The first-order chi connectivity index (χ1) is 14.2. The quantitative estimate of drug-likeness (QED) is 0.577. The number of hydrogen-bond donors (Lipinski definition) is 1. The van der Waals surface area contributed by atoms with Crippen molar-refractivity contribution in [2.45, 2.75) is 13.3 Å². The molecule has 2 aromatic carbocycles. The molecule has 2 nitrogen and oxygen atoms in total. The van der Waals surface area contributed by atoms with E-state index in [1.807, 2.05) is 56.4 Å². The van der Waals surface area contributed by atoms with Crippen LogP contribution < -0.4 is 4.74 Å². The van der Waals surface area contributed by atoms with Crippen LogP contribution in [0.25, 0.3) is 5.57 Å². The zero-order chi connectivity index (χ0) is 20.5. The van der Waals surface area contributed by atoms with E-state index in [2.05, 4.69) is 44.7 Å². The van der Waals surface area contributed by atoms with Gasteiger partial charge in [-0.1, -0.05) is 36.8 Å². The molecular weight excluding hydrogens is 412 g/mol. The molecule has 0 atom stereocenters. The first-order valence-corrected chi connectivity index (χ1v) is 9.78. The topological polar surface area (TPSA) is 29.5 Å². The Morgan fingerprint density at radius 1 is 0.733 bits per heavy atom. The third kappa shape index (κ3) is 6.65. The smallest absolute Gasteiger partial charge is 0.508 e. The van der Waals surface area contributed by atoms with Gasteiger partial charge in [0.1, 0.15) is 11.5 Å². The predicted octanol–water partition coefficient (Wildman–Crippen LogP) is 6.04. The summed E-state index contributed by atoms with van der Waals surface area (Å²) in [6.45, 7) is 2.17. The standard InChI is InChI=1S/C22H21O2.C5H5.Fe/c1-3-21(16-6-4-5-7-16)22(17-8-12-19(23)13-9-17)18-10-14-20(24-2)15-11-18;1-2-4-5-3-1;/h4-15,23H,3H2,1-2H3;1-5H;/q;;+2/b22-21-;;. The summed E-state index contributed by atoms with van der Waals surface area (Å²) < 4.78 is 5.28. The van der Waals surface area contributed by atoms with Crippen LogP contribution in [0.2, 0.25) is 0 Å². The van der Waals surface area contributed by atoms with Gasteiger partial charge in [0.2, 0.25) is 0 Å². The molecule has 0 saturated heterocycles. The predicted molar refractivity (Wildman–Crippen MR) is 119 cm³/mol. The normalized spacial score (nSPS) is 16.9. The minimum atomic E-state index is 0. The van der Waals surface area contributed by atoms with Gasteiger partial charge in [0, 0.05) is 5.92 Å². The summed E-state index contributed by atoms with van der Waals surface area (Å²) in [5.74, 6) is 2.35. The van der Waals surface area contributed by atoms with E-state index in [0.29, 0.717) is 0 Å². The fourth-order valence-corrected chi connectivity index (χ4v) is 3.32. The Hall–Kier alpha value is -1.70. The van der Waals surface area contributed by atoms with Gasteiger partial charge in [0.25, 0.3) is 0 Å². The molecule has 2 saturated carbocycles. The van der Waals surface area contributed by atoms with Crippen LogP contribution in [0.3, 0.4) is 0 Å². The second kappa shape index (κ2) is 12.9. The third-order valence-electron chi connectivity index (χ3n) is 4.76. The summed E-state index contributed by atoms with van der Waals surface area (Å²) >= 11 is 0. The van der Waals surface area contributed by atoms with Gasteiger partial charge >= 0.3 is 17.1 Å². The molecule has 2 fully saturated rings. The van der Waals surface area contributed by atoms with E-state index >= 15 is 0 Å². The summed E-state index contributed by atoms with van der Waals surface area (Å²) in [6.07, 6.45) is 19.3.